The maximum absolute atomic E-state index is 5.72. The van der Waals surface area contributed by atoms with Crippen molar-refractivity contribution < 1.29 is 0 Å². The molecule has 1 aromatic carbocycles. The Hall–Kier alpha value is -2.07. The normalized spacial score (nSPS) is 11.3. The van der Waals surface area contributed by atoms with Crippen LogP contribution in [0.2, 0.25) is 0 Å². The van der Waals surface area contributed by atoms with Crippen LogP contribution in [0.1, 0.15) is 18.2 Å². The smallest absolute Gasteiger partial charge is 0.0948 e. The highest BCUT2D eigenvalue weighted by Crippen LogP contribution is 2.19. The Balaban J connectivity index is 2.01. The van der Waals surface area contributed by atoms with Gasteiger partial charge < -0.3 is 14.9 Å². The highest BCUT2D eigenvalue weighted by atomic mass is 15.1. The molecule has 0 saturated heterocycles. The Morgan fingerprint density at radius 1 is 1.21 bits per heavy atom. The van der Waals surface area contributed by atoms with Gasteiger partial charge in [-0.15, -0.1) is 0 Å². The van der Waals surface area contributed by atoms with Crippen LogP contribution in [0, 0.1) is 0 Å². The molecule has 0 aliphatic carbocycles. The van der Waals surface area contributed by atoms with Crippen LogP contribution in [0.15, 0.2) is 43.0 Å². The van der Waals surface area contributed by atoms with E-state index >= 15 is 0 Å². The fourth-order valence-electron chi connectivity index (χ4n) is 2.43. The Labute approximate surface area is 112 Å². The van der Waals surface area contributed by atoms with E-state index in [2.05, 4.69) is 51.5 Å². The zero-order valence-corrected chi connectivity index (χ0v) is 11.1. The van der Waals surface area contributed by atoms with Crippen molar-refractivity contribution in [1.29, 1.82) is 0 Å². The van der Waals surface area contributed by atoms with Crippen molar-refractivity contribution in [1.82, 2.24) is 14.1 Å². The van der Waals surface area contributed by atoms with Crippen LogP contribution >= 0.6 is 0 Å². The average molecular weight is 254 g/mol. The van der Waals surface area contributed by atoms with E-state index in [-0.39, 0.29) is 0 Å². The summed E-state index contributed by atoms with van der Waals surface area (Å²) in [5.74, 6) is 0. The highest BCUT2D eigenvalue weighted by molar-refractivity contribution is 5.80. The first kappa shape index (κ1) is 12.0. The van der Waals surface area contributed by atoms with Crippen molar-refractivity contribution in [3.8, 4) is 0 Å². The largest absolute Gasteiger partial charge is 0.341 e. The third-order valence-corrected chi connectivity index (χ3v) is 3.55. The second kappa shape index (κ2) is 4.90. The van der Waals surface area contributed by atoms with Crippen molar-refractivity contribution in [3.63, 3.8) is 0 Å². The molecule has 0 aliphatic rings. The van der Waals surface area contributed by atoms with E-state index in [4.69, 9.17) is 5.73 Å². The van der Waals surface area contributed by atoms with Crippen molar-refractivity contribution >= 4 is 10.9 Å². The van der Waals surface area contributed by atoms with Crippen LogP contribution in [0.4, 0.5) is 0 Å². The lowest BCUT2D eigenvalue weighted by atomic mass is 10.1. The lowest BCUT2D eigenvalue weighted by molar-refractivity contribution is 0.679. The molecule has 19 heavy (non-hydrogen) atoms. The number of hydrogen-bond acceptors (Lipinski definition) is 2. The molecule has 3 rings (SSSR count). The molecule has 2 N–H and O–H groups in total. The number of benzene rings is 1. The number of rotatable bonds is 4. The second-order valence-corrected chi connectivity index (χ2v) is 4.71. The molecule has 0 unspecified atom stereocenters. The number of imidazole rings is 1. The molecule has 0 atom stereocenters. The monoisotopic (exact) mass is 254 g/mol. The summed E-state index contributed by atoms with van der Waals surface area (Å²) in [4.78, 5) is 4.22. The minimum absolute atomic E-state index is 0.577. The van der Waals surface area contributed by atoms with E-state index in [1.54, 1.807) is 0 Å². The zero-order valence-electron chi connectivity index (χ0n) is 11.1. The molecule has 0 radical (unpaired) electrons. The van der Waals surface area contributed by atoms with Crippen LogP contribution < -0.4 is 5.73 Å². The molecule has 0 aliphatic heterocycles. The maximum Gasteiger partial charge on any atom is 0.0948 e. The molecule has 0 fully saturated rings. The molecule has 0 spiro atoms. The quantitative estimate of drug-likeness (QED) is 0.777. The van der Waals surface area contributed by atoms with Gasteiger partial charge in [-0.25, -0.2) is 4.98 Å². The summed E-state index contributed by atoms with van der Waals surface area (Å²) >= 11 is 0. The Morgan fingerprint density at radius 3 is 2.89 bits per heavy atom. The van der Waals surface area contributed by atoms with Crippen LogP contribution in [0.5, 0.6) is 0 Å². The summed E-state index contributed by atoms with van der Waals surface area (Å²) in [5.41, 5.74) is 9.33. The van der Waals surface area contributed by atoms with Gasteiger partial charge in [0, 0.05) is 31.0 Å². The van der Waals surface area contributed by atoms with Gasteiger partial charge in [0.15, 0.2) is 0 Å². The minimum atomic E-state index is 0.577. The van der Waals surface area contributed by atoms with Gasteiger partial charge in [0.05, 0.1) is 18.6 Å². The molecule has 2 aromatic heterocycles. The SMILES string of the molecule is CCn1cncc1Cn1ccc2ccc(CN)cc21. The fourth-order valence-corrected chi connectivity index (χ4v) is 2.43. The zero-order chi connectivity index (χ0) is 13.2. The van der Waals surface area contributed by atoms with Gasteiger partial charge in [-0.1, -0.05) is 12.1 Å². The van der Waals surface area contributed by atoms with E-state index in [0.717, 1.165) is 18.7 Å². The molecule has 98 valence electrons. The summed E-state index contributed by atoms with van der Waals surface area (Å²) in [6.07, 6.45) is 5.94. The Morgan fingerprint density at radius 2 is 2.11 bits per heavy atom. The van der Waals surface area contributed by atoms with Crippen molar-refractivity contribution in [2.75, 3.05) is 0 Å². The molecular formula is C15H18N4. The van der Waals surface area contributed by atoms with Crippen molar-refractivity contribution in [3.05, 3.63) is 54.2 Å². The molecule has 0 amide bonds. The highest BCUT2D eigenvalue weighted by Gasteiger charge is 2.05. The van der Waals surface area contributed by atoms with Crippen LogP contribution in [0.3, 0.4) is 0 Å². The summed E-state index contributed by atoms with van der Waals surface area (Å²) in [6.45, 7) is 4.49. The predicted molar refractivity (Wildman–Crippen MR) is 76.8 cm³/mol. The van der Waals surface area contributed by atoms with Gasteiger partial charge in [-0.3, -0.25) is 0 Å². The fraction of sp³-hybridized carbons (Fsp3) is 0.267. The summed E-state index contributed by atoms with van der Waals surface area (Å²) in [5, 5.41) is 1.25. The molecule has 0 bridgehead atoms. The standard InChI is InChI=1S/C15H18N4/c1-2-18-11-17-9-14(18)10-19-6-5-13-4-3-12(8-16)7-15(13)19/h3-7,9,11H,2,8,10,16H2,1H3. The van der Waals surface area contributed by atoms with E-state index in [0.29, 0.717) is 6.54 Å². The van der Waals surface area contributed by atoms with Gasteiger partial charge in [-0.05, 0) is 30.0 Å². The first-order valence-corrected chi connectivity index (χ1v) is 6.58. The van der Waals surface area contributed by atoms with Crippen molar-refractivity contribution in [2.45, 2.75) is 26.6 Å². The van der Waals surface area contributed by atoms with E-state index in [1.807, 2.05) is 12.5 Å². The Kier molecular flexibility index (Phi) is 3.09. The number of fused-ring (bicyclic) bond motifs is 1. The third-order valence-electron chi connectivity index (χ3n) is 3.55. The van der Waals surface area contributed by atoms with Gasteiger partial charge in [-0.2, -0.15) is 0 Å². The van der Waals surface area contributed by atoms with Crippen molar-refractivity contribution in [2.24, 2.45) is 5.73 Å². The first-order valence-electron chi connectivity index (χ1n) is 6.58. The second-order valence-electron chi connectivity index (χ2n) is 4.71. The summed E-state index contributed by atoms with van der Waals surface area (Å²) < 4.78 is 4.41. The minimum Gasteiger partial charge on any atom is -0.341 e. The van der Waals surface area contributed by atoms with Crippen LogP contribution in [-0.4, -0.2) is 14.1 Å². The maximum atomic E-state index is 5.72. The number of aryl methyl sites for hydroxylation is 1. The van der Waals surface area contributed by atoms with Gasteiger partial charge in [0.2, 0.25) is 0 Å². The molecular weight excluding hydrogens is 236 g/mol. The third kappa shape index (κ3) is 2.15. The number of aromatic nitrogens is 3. The lowest BCUT2D eigenvalue weighted by Gasteiger charge is -2.08. The van der Waals surface area contributed by atoms with Gasteiger partial charge >= 0.3 is 0 Å². The Bertz CT molecular complexity index is 693. The summed E-state index contributed by atoms with van der Waals surface area (Å²) in [7, 11) is 0. The number of nitrogens with zero attached hydrogens (tertiary/aromatic N) is 3. The van der Waals surface area contributed by atoms with Gasteiger partial charge in [0.25, 0.3) is 0 Å². The van der Waals surface area contributed by atoms with Crippen LogP contribution in [0.25, 0.3) is 10.9 Å². The van der Waals surface area contributed by atoms with Crippen LogP contribution in [-0.2, 0) is 19.6 Å². The van der Waals surface area contributed by atoms with E-state index < -0.39 is 0 Å². The molecule has 0 saturated carbocycles. The first-order chi connectivity index (χ1) is 9.31. The average Bonchev–Trinajstić information content (AvgIpc) is 3.06. The molecule has 4 heteroatoms. The summed E-state index contributed by atoms with van der Waals surface area (Å²) in [6, 6.07) is 8.53. The van der Waals surface area contributed by atoms with E-state index in [1.165, 1.54) is 16.6 Å². The predicted octanol–water partition coefficient (Wildman–Crippen LogP) is 2.36. The van der Waals surface area contributed by atoms with E-state index in [9.17, 15) is 0 Å². The molecule has 3 aromatic rings. The van der Waals surface area contributed by atoms with Gasteiger partial charge in [0.1, 0.15) is 0 Å². The molecule has 2 heterocycles. The number of hydrogen-bond donors (Lipinski definition) is 1. The lowest BCUT2D eigenvalue weighted by Crippen LogP contribution is -2.05. The molecule has 4 nitrogen and oxygen atoms in total. The number of nitrogens with two attached hydrogens (primary N) is 1. The topological polar surface area (TPSA) is 48.8 Å².